The zero-order chi connectivity index (χ0) is 16.8. The van der Waals surface area contributed by atoms with E-state index in [2.05, 4.69) is 4.98 Å². The lowest BCUT2D eigenvalue weighted by Crippen LogP contribution is -2.17. The zero-order valence-electron chi connectivity index (χ0n) is 11.2. The van der Waals surface area contributed by atoms with Crippen LogP contribution in [0.5, 0.6) is 5.75 Å². The van der Waals surface area contributed by atoms with Gasteiger partial charge in [0.2, 0.25) is 11.6 Å². The Kier molecular flexibility index (Phi) is 3.77. The van der Waals surface area contributed by atoms with Gasteiger partial charge in [0, 0.05) is 13.2 Å². The van der Waals surface area contributed by atoms with Gasteiger partial charge in [-0.1, -0.05) is 0 Å². The molecule has 2 aromatic rings. The smallest absolute Gasteiger partial charge is 0.281 e. The molecule has 22 heavy (non-hydrogen) atoms. The average Bonchev–Trinajstić information content (AvgIpc) is 2.80. The van der Waals surface area contributed by atoms with Crippen LogP contribution in [0.15, 0.2) is 11.2 Å². The van der Waals surface area contributed by atoms with Crippen LogP contribution < -0.4 is 4.72 Å². The van der Waals surface area contributed by atoms with E-state index in [1.807, 2.05) is 0 Å². The van der Waals surface area contributed by atoms with Crippen molar-refractivity contribution in [2.45, 2.75) is 11.9 Å². The van der Waals surface area contributed by atoms with Crippen molar-refractivity contribution >= 4 is 15.7 Å². The average molecular weight is 339 g/mol. The van der Waals surface area contributed by atoms with Gasteiger partial charge in [-0.25, -0.2) is 13.8 Å². The summed E-state index contributed by atoms with van der Waals surface area (Å²) in [5.41, 5.74) is -1.59. The molecule has 0 aliphatic rings. The molecule has 0 spiro atoms. The van der Waals surface area contributed by atoms with Crippen LogP contribution in [0.2, 0.25) is 0 Å². The number of aromatic hydroxyl groups is 1. The molecule has 0 saturated heterocycles. The number of aryl methyl sites for hydroxylation is 2. The molecule has 1 aromatic carbocycles. The molecule has 0 unspecified atom stereocenters. The number of sulfonamides is 1. The molecule has 0 aliphatic heterocycles. The number of imidazole rings is 1. The van der Waals surface area contributed by atoms with Gasteiger partial charge >= 0.3 is 0 Å². The summed E-state index contributed by atoms with van der Waals surface area (Å²) in [6, 6.07) is 0. The Hall–Kier alpha value is -2.30. The summed E-state index contributed by atoms with van der Waals surface area (Å²) in [5.74, 6) is -9.99. The molecule has 120 valence electrons. The second-order valence-corrected chi connectivity index (χ2v) is 5.95. The Bertz CT molecular complexity index is 815. The van der Waals surface area contributed by atoms with E-state index in [1.165, 1.54) is 23.3 Å². The molecule has 0 amide bonds. The fourth-order valence-electron chi connectivity index (χ4n) is 1.55. The van der Waals surface area contributed by atoms with E-state index < -0.39 is 49.8 Å². The first-order chi connectivity index (χ1) is 10.1. The van der Waals surface area contributed by atoms with Crippen molar-refractivity contribution in [1.82, 2.24) is 9.55 Å². The van der Waals surface area contributed by atoms with Crippen LogP contribution in [-0.2, 0) is 17.1 Å². The fourth-order valence-corrected chi connectivity index (χ4v) is 2.65. The summed E-state index contributed by atoms with van der Waals surface area (Å²) in [4.78, 5) is 3.63. The largest absolute Gasteiger partial charge is 0.503 e. The zero-order valence-corrected chi connectivity index (χ0v) is 12.0. The first kappa shape index (κ1) is 16.1. The van der Waals surface area contributed by atoms with Gasteiger partial charge in [-0.2, -0.15) is 17.2 Å². The van der Waals surface area contributed by atoms with E-state index >= 15 is 0 Å². The first-order valence-corrected chi connectivity index (χ1v) is 7.12. The van der Waals surface area contributed by atoms with Crippen molar-refractivity contribution in [3.05, 3.63) is 35.3 Å². The topological polar surface area (TPSA) is 84.2 Å². The molecule has 6 nitrogen and oxygen atoms in total. The van der Waals surface area contributed by atoms with E-state index in [4.69, 9.17) is 5.11 Å². The summed E-state index contributed by atoms with van der Waals surface area (Å²) < 4.78 is 80.1. The van der Waals surface area contributed by atoms with Crippen LogP contribution in [0, 0.1) is 30.2 Å². The maximum Gasteiger partial charge on any atom is 0.281 e. The molecule has 2 rings (SSSR count). The minimum absolute atomic E-state index is 0.282. The van der Waals surface area contributed by atoms with Crippen molar-refractivity contribution in [3.63, 3.8) is 0 Å². The number of hydrogen-bond acceptors (Lipinski definition) is 4. The number of anilines is 1. The first-order valence-electron chi connectivity index (χ1n) is 5.64. The van der Waals surface area contributed by atoms with Crippen molar-refractivity contribution in [3.8, 4) is 5.75 Å². The number of benzene rings is 1. The fraction of sp³-hybridized carbons (Fsp3) is 0.182. The van der Waals surface area contributed by atoms with E-state index in [0.29, 0.717) is 0 Å². The molecule has 0 fully saturated rings. The lowest BCUT2D eigenvalue weighted by atomic mass is 10.2. The molecule has 0 radical (unpaired) electrons. The third-order valence-electron chi connectivity index (χ3n) is 2.84. The van der Waals surface area contributed by atoms with E-state index in [0.717, 1.165) is 6.20 Å². The highest BCUT2D eigenvalue weighted by Crippen LogP contribution is 2.33. The van der Waals surface area contributed by atoms with Crippen LogP contribution in [0.4, 0.5) is 23.2 Å². The van der Waals surface area contributed by atoms with Crippen molar-refractivity contribution in [2.75, 3.05) is 4.72 Å². The van der Waals surface area contributed by atoms with Gasteiger partial charge in [0.05, 0.1) is 0 Å². The molecule has 11 heteroatoms. The molecule has 2 N–H and O–H groups in total. The van der Waals surface area contributed by atoms with Gasteiger partial charge in [-0.3, -0.25) is 4.72 Å². The number of rotatable bonds is 3. The Morgan fingerprint density at radius 2 is 1.64 bits per heavy atom. The highest BCUT2D eigenvalue weighted by molar-refractivity contribution is 7.92. The lowest BCUT2D eigenvalue weighted by Gasteiger charge is -2.10. The lowest BCUT2D eigenvalue weighted by molar-refractivity contribution is 0.359. The maximum atomic E-state index is 13.5. The summed E-state index contributed by atoms with van der Waals surface area (Å²) in [5, 5.41) is 8.23. The standard InChI is InChI=1S/C11H9F4N3O3S/c1-4-16-5(3-18(4)2)22(20,21)17-10-6(12)8(14)11(19)9(15)7(10)13/h3,17,19H,1-2H3. The molecule has 0 saturated carbocycles. The van der Waals surface area contributed by atoms with E-state index in [9.17, 15) is 26.0 Å². The molecule has 1 heterocycles. The Labute approximate surface area is 122 Å². The highest BCUT2D eigenvalue weighted by Gasteiger charge is 2.29. The van der Waals surface area contributed by atoms with Gasteiger partial charge < -0.3 is 9.67 Å². The van der Waals surface area contributed by atoms with Gasteiger partial charge in [0.1, 0.15) is 11.5 Å². The maximum absolute atomic E-state index is 13.5. The quantitative estimate of drug-likeness (QED) is 0.507. The van der Waals surface area contributed by atoms with Crippen LogP contribution in [-0.4, -0.2) is 23.1 Å². The van der Waals surface area contributed by atoms with E-state index in [-0.39, 0.29) is 5.82 Å². The minimum Gasteiger partial charge on any atom is -0.503 e. The number of hydrogen-bond donors (Lipinski definition) is 2. The van der Waals surface area contributed by atoms with Gasteiger partial charge in [0.25, 0.3) is 10.0 Å². The Balaban J connectivity index is 2.55. The number of nitrogens with one attached hydrogen (secondary N) is 1. The number of nitrogens with zero attached hydrogens (tertiary/aromatic N) is 2. The van der Waals surface area contributed by atoms with Crippen LogP contribution in [0.1, 0.15) is 5.82 Å². The number of halogens is 4. The predicted octanol–water partition coefficient (Wildman–Crippen LogP) is 1.79. The number of aromatic nitrogens is 2. The summed E-state index contributed by atoms with van der Waals surface area (Å²) in [6.45, 7) is 1.47. The second kappa shape index (κ2) is 5.16. The molecule has 0 atom stereocenters. The Morgan fingerprint density at radius 3 is 2.05 bits per heavy atom. The highest BCUT2D eigenvalue weighted by atomic mass is 32.2. The predicted molar refractivity (Wildman–Crippen MR) is 66.7 cm³/mol. The molecule has 0 aliphatic carbocycles. The second-order valence-electron chi connectivity index (χ2n) is 4.32. The molecular formula is C11H9F4N3O3S. The third kappa shape index (κ3) is 2.47. The van der Waals surface area contributed by atoms with Crippen LogP contribution in [0.3, 0.4) is 0 Å². The van der Waals surface area contributed by atoms with Crippen LogP contribution >= 0.6 is 0 Å². The molecular weight excluding hydrogens is 330 g/mol. The van der Waals surface area contributed by atoms with Crippen molar-refractivity contribution < 1.29 is 31.1 Å². The van der Waals surface area contributed by atoms with Gasteiger partial charge in [-0.05, 0) is 6.92 Å². The normalized spacial score (nSPS) is 11.7. The SMILES string of the molecule is Cc1nc(S(=O)(=O)Nc2c(F)c(F)c(O)c(F)c2F)cn1C. The van der Waals surface area contributed by atoms with Gasteiger partial charge in [-0.15, -0.1) is 0 Å². The molecule has 0 bridgehead atoms. The van der Waals surface area contributed by atoms with Crippen molar-refractivity contribution in [1.29, 1.82) is 0 Å². The van der Waals surface area contributed by atoms with Crippen molar-refractivity contribution in [2.24, 2.45) is 7.05 Å². The van der Waals surface area contributed by atoms with E-state index in [1.54, 1.807) is 0 Å². The monoisotopic (exact) mass is 339 g/mol. The minimum atomic E-state index is -4.58. The summed E-state index contributed by atoms with van der Waals surface area (Å²) in [7, 11) is -3.11. The number of phenols is 1. The molecule has 1 aromatic heterocycles. The number of phenolic OH excluding ortho intramolecular Hbond substituents is 1. The van der Waals surface area contributed by atoms with Crippen LogP contribution in [0.25, 0.3) is 0 Å². The summed E-state index contributed by atoms with van der Waals surface area (Å²) in [6.07, 6.45) is 1.04. The Morgan fingerprint density at radius 1 is 1.14 bits per heavy atom. The third-order valence-corrected chi connectivity index (χ3v) is 4.06. The van der Waals surface area contributed by atoms with Gasteiger partial charge in [0.15, 0.2) is 22.4 Å². The summed E-state index contributed by atoms with van der Waals surface area (Å²) >= 11 is 0.